The molecule has 0 bridgehead atoms. The number of imide groups is 1. The Morgan fingerprint density at radius 2 is 2.00 bits per heavy atom. The van der Waals surface area contributed by atoms with E-state index in [2.05, 4.69) is 5.32 Å². The second-order valence-corrected chi connectivity index (χ2v) is 4.38. The van der Waals surface area contributed by atoms with Gasteiger partial charge in [-0.2, -0.15) is 0 Å². The van der Waals surface area contributed by atoms with E-state index in [0.29, 0.717) is 12.8 Å². The molecule has 1 heterocycles. The Morgan fingerprint density at radius 3 is 2.47 bits per heavy atom. The molecule has 6 nitrogen and oxygen atoms in total. The van der Waals surface area contributed by atoms with Crippen LogP contribution >= 0.6 is 0 Å². The molecule has 0 saturated carbocycles. The molecule has 6 heteroatoms. The van der Waals surface area contributed by atoms with E-state index in [9.17, 15) is 14.4 Å². The van der Waals surface area contributed by atoms with Gasteiger partial charge in [0.05, 0.1) is 5.54 Å². The van der Waals surface area contributed by atoms with Gasteiger partial charge in [-0.3, -0.25) is 19.7 Å². The smallest absolute Gasteiger partial charge is 0.249 e. The Labute approximate surface area is 101 Å². The van der Waals surface area contributed by atoms with E-state index in [4.69, 9.17) is 5.73 Å². The van der Waals surface area contributed by atoms with Crippen LogP contribution in [0.4, 0.5) is 0 Å². The van der Waals surface area contributed by atoms with Crippen LogP contribution in [-0.4, -0.2) is 40.7 Å². The summed E-state index contributed by atoms with van der Waals surface area (Å²) in [4.78, 5) is 36.2. The number of carbonyl (C=O) groups is 3. The first-order valence-electron chi connectivity index (χ1n) is 5.79. The molecule has 1 atom stereocenters. The van der Waals surface area contributed by atoms with Crippen LogP contribution in [0.5, 0.6) is 0 Å². The second kappa shape index (κ2) is 4.83. The molecule has 0 spiro atoms. The van der Waals surface area contributed by atoms with E-state index < -0.39 is 23.4 Å². The highest BCUT2D eigenvalue weighted by molar-refractivity contribution is 6.05. The highest BCUT2D eigenvalue weighted by atomic mass is 16.2. The molecule has 1 unspecified atom stereocenters. The molecular weight excluding hydrogens is 222 g/mol. The lowest BCUT2D eigenvalue weighted by Crippen LogP contribution is -2.64. The lowest BCUT2D eigenvalue weighted by atomic mass is 9.91. The number of carbonyl (C=O) groups excluding carboxylic acids is 3. The number of nitrogens with one attached hydrogen (secondary N) is 1. The molecule has 0 aliphatic carbocycles. The number of nitrogens with two attached hydrogens (primary N) is 1. The fraction of sp³-hybridized carbons (Fsp3) is 0.727. The predicted molar refractivity (Wildman–Crippen MR) is 61.8 cm³/mol. The summed E-state index contributed by atoms with van der Waals surface area (Å²) in [5.74, 6) is -1.25. The van der Waals surface area contributed by atoms with Crippen LogP contribution in [0.15, 0.2) is 0 Å². The van der Waals surface area contributed by atoms with Crippen LogP contribution < -0.4 is 11.1 Å². The van der Waals surface area contributed by atoms with Crippen LogP contribution in [0.1, 0.15) is 33.6 Å². The lowest BCUT2D eigenvalue weighted by Gasteiger charge is -2.37. The molecule has 1 aliphatic heterocycles. The van der Waals surface area contributed by atoms with Crippen molar-refractivity contribution in [1.82, 2.24) is 10.2 Å². The van der Waals surface area contributed by atoms with Gasteiger partial charge in [-0.25, -0.2) is 0 Å². The first kappa shape index (κ1) is 13.6. The van der Waals surface area contributed by atoms with E-state index >= 15 is 0 Å². The van der Waals surface area contributed by atoms with Crippen molar-refractivity contribution in [2.45, 2.75) is 45.2 Å². The predicted octanol–water partition coefficient (Wildman–Crippen LogP) is -0.623. The number of amides is 3. The number of piperazine rings is 1. The van der Waals surface area contributed by atoms with E-state index in [-0.39, 0.29) is 12.5 Å². The average Bonchev–Trinajstić information content (AvgIpc) is 2.31. The molecule has 0 radical (unpaired) electrons. The van der Waals surface area contributed by atoms with Crippen molar-refractivity contribution in [3.05, 3.63) is 0 Å². The van der Waals surface area contributed by atoms with E-state index in [1.165, 1.54) is 4.90 Å². The molecule has 96 valence electrons. The quantitative estimate of drug-likeness (QED) is 0.644. The minimum Gasteiger partial charge on any atom is -0.320 e. The summed E-state index contributed by atoms with van der Waals surface area (Å²) in [5.41, 5.74) is 5.00. The Morgan fingerprint density at radius 1 is 1.47 bits per heavy atom. The van der Waals surface area contributed by atoms with Gasteiger partial charge in [0.15, 0.2) is 0 Å². The van der Waals surface area contributed by atoms with Gasteiger partial charge in [0, 0.05) is 0 Å². The molecule has 17 heavy (non-hydrogen) atoms. The standard InChI is InChI=1S/C11H19N3O3/c1-4-11(12,5-2)10(17)14-6-8(15)13-9(16)7(14)3/h7H,4-6,12H2,1-3H3,(H,13,15,16). The average molecular weight is 241 g/mol. The van der Waals surface area contributed by atoms with Gasteiger partial charge in [-0.05, 0) is 19.8 Å². The van der Waals surface area contributed by atoms with E-state index in [1.54, 1.807) is 6.92 Å². The van der Waals surface area contributed by atoms with Crippen molar-refractivity contribution in [2.75, 3.05) is 6.54 Å². The number of hydrogen-bond acceptors (Lipinski definition) is 4. The summed E-state index contributed by atoms with van der Waals surface area (Å²) >= 11 is 0. The fourth-order valence-corrected chi connectivity index (χ4v) is 1.80. The summed E-state index contributed by atoms with van der Waals surface area (Å²) in [6.07, 6.45) is 0.947. The third kappa shape index (κ3) is 2.46. The number of hydrogen-bond donors (Lipinski definition) is 2. The Bertz CT molecular complexity index is 350. The zero-order valence-corrected chi connectivity index (χ0v) is 10.4. The number of rotatable bonds is 3. The minimum atomic E-state index is -0.994. The SMILES string of the molecule is CCC(N)(CC)C(=O)N1CC(=O)NC(=O)C1C. The Hall–Kier alpha value is -1.43. The largest absolute Gasteiger partial charge is 0.320 e. The molecule has 0 aromatic rings. The third-order valence-electron chi connectivity index (χ3n) is 3.37. The second-order valence-electron chi connectivity index (χ2n) is 4.38. The van der Waals surface area contributed by atoms with Gasteiger partial charge >= 0.3 is 0 Å². The normalized spacial score (nSPS) is 21.4. The first-order chi connectivity index (χ1) is 7.85. The van der Waals surface area contributed by atoms with Crippen molar-refractivity contribution in [3.63, 3.8) is 0 Å². The van der Waals surface area contributed by atoms with Crippen LogP contribution in [0.2, 0.25) is 0 Å². The molecule has 1 fully saturated rings. The van der Waals surface area contributed by atoms with Crippen molar-refractivity contribution in [1.29, 1.82) is 0 Å². The van der Waals surface area contributed by atoms with Gasteiger partial charge in [-0.1, -0.05) is 13.8 Å². The lowest BCUT2D eigenvalue weighted by molar-refractivity contribution is -0.152. The van der Waals surface area contributed by atoms with Crippen LogP contribution in [0.3, 0.4) is 0 Å². The molecule has 3 N–H and O–H groups in total. The monoisotopic (exact) mass is 241 g/mol. The molecule has 3 amide bonds. The van der Waals surface area contributed by atoms with E-state index in [0.717, 1.165) is 0 Å². The van der Waals surface area contributed by atoms with Gasteiger partial charge in [-0.15, -0.1) is 0 Å². The molecular formula is C11H19N3O3. The summed E-state index contributed by atoms with van der Waals surface area (Å²) in [6, 6.07) is -0.652. The Kier molecular flexibility index (Phi) is 3.87. The zero-order valence-electron chi connectivity index (χ0n) is 10.4. The maximum atomic E-state index is 12.3. The highest BCUT2D eigenvalue weighted by Gasteiger charge is 2.41. The van der Waals surface area contributed by atoms with Gasteiger partial charge in [0.1, 0.15) is 12.6 Å². The van der Waals surface area contributed by atoms with Crippen molar-refractivity contribution < 1.29 is 14.4 Å². The molecule has 0 aromatic carbocycles. The van der Waals surface area contributed by atoms with Gasteiger partial charge in [0.2, 0.25) is 17.7 Å². The summed E-state index contributed by atoms with van der Waals surface area (Å²) in [7, 11) is 0. The summed E-state index contributed by atoms with van der Waals surface area (Å²) in [5, 5.41) is 2.19. The molecule has 1 saturated heterocycles. The topological polar surface area (TPSA) is 92.5 Å². The fourth-order valence-electron chi connectivity index (χ4n) is 1.80. The third-order valence-corrected chi connectivity index (χ3v) is 3.37. The summed E-state index contributed by atoms with van der Waals surface area (Å²) in [6.45, 7) is 5.12. The minimum absolute atomic E-state index is 0.106. The van der Waals surface area contributed by atoms with E-state index in [1.807, 2.05) is 13.8 Å². The highest BCUT2D eigenvalue weighted by Crippen LogP contribution is 2.18. The van der Waals surface area contributed by atoms with Crippen molar-refractivity contribution in [3.8, 4) is 0 Å². The van der Waals surface area contributed by atoms with Crippen molar-refractivity contribution >= 4 is 17.7 Å². The first-order valence-corrected chi connectivity index (χ1v) is 5.79. The Balaban J connectivity index is 2.94. The summed E-state index contributed by atoms with van der Waals surface area (Å²) < 4.78 is 0. The van der Waals surface area contributed by atoms with Crippen LogP contribution in [0, 0.1) is 0 Å². The van der Waals surface area contributed by atoms with Gasteiger partial charge in [0.25, 0.3) is 0 Å². The zero-order chi connectivity index (χ0) is 13.2. The molecule has 0 aromatic heterocycles. The van der Waals surface area contributed by atoms with Crippen molar-refractivity contribution in [2.24, 2.45) is 5.73 Å². The maximum absolute atomic E-state index is 12.3. The van der Waals surface area contributed by atoms with Gasteiger partial charge < -0.3 is 10.6 Å². The number of nitrogens with zero attached hydrogens (tertiary/aromatic N) is 1. The maximum Gasteiger partial charge on any atom is 0.249 e. The molecule has 1 rings (SSSR count). The van der Waals surface area contributed by atoms with Crippen LogP contribution in [0.25, 0.3) is 0 Å². The van der Waals surface area contributed by atoms with Crippen LogP contribution in [-0.2, 0) is 14.4 Å². The molecule has 1 aliphatic rings.